The number of hydrogen-bond donors (Lipinski definition) is 2. The van der Waals surface area contributed by atoms with E-state index in [1.807, 2.05) is 27.7 Å². The van der Waals surface area contributed by atoms with Gasteiger partial charge in [0.25, 0.3) is 0 Å². The molecule has 1 amide bonds. The smallest absolute Gasteiger partial charge is 0.410 e. The molecule has 0 radical (unpaired) electrons. The van der Waals surface area contributed by atoms with E-state index in [2.05, 4.69) is 5.32 Å². The lowest BCUT2D eigenvalue weighted by Crippen LogP contribution is -2.47. The molecule has 1 unspecified atom stereocenters. The SMILES string of the molecule is CC(CO)CNC1CCN(C(=O)OC(C)(C)C)CC1. The number of aliphatic hydroxyl groups is 1. The number of carbonyl (C=O) groups excluding carboxylic acids is 1. The molecular formula is C14H28N2O3. The molecule has 1 fully saturated rings. The number of piperidine rings is 1. The molecule has 1 aliphatic rings. The van der Waals surface area contributed by atoms with Gasteiger partial charge >= 0.3 is 6.09 Å². The van der Waals surface area contributed by atoms with Crippen molar-refractivity contribution in [1.29, 1.82) is 0 Å². The first-order chi connectivity index (χ1) is 8.81. The second-order valence-electron chi connectivity index (χ2n) is 6.44. The number of amides is 1. The van der Waals surface area contributed by atoms with Crippen molar-refractivity contribution in [3.63, 3.8) is 0 Å². The van der Waals surface area contributed by atoms with Gasteiger partial charge in [-0.15, -0.1) is 0 Å². The largest absolute Gasteiger partial charge is 0.444 e. The van der Waals surface area contributed by atoms with Crippen molar-refractivity contribution in [2.24, 2.45) is 5.92 Å². The Morgan fingerprint density at radius 2 is 2.00 bits per heavy atom. The highest BCUT2D eigenvalue weighted by Crippen LogP contribution is 2.15. The van der Waals surface area contributed by atoms with E-state index in [9.17, 15) is 4.79 Å². The fraction of sp³-hybridized carbons (Fsp3) is 0.929. The summed E-state index contributed by atoms with van der Waals surface area (Å²) in [6, 6.07) is 0.438. The molecule has 5 heteroatoms. The van der Waals surface area contributed by atoms with E-state index in [0.717, 1.165) is 32.5 Å². The van der Waals surface area contributed by atoms with Crippen LogP contribution in [0, 0.1) is 5.92 Å². The summed E-state index contributed by atoms with van der Waals surface area (Å²) in [5, 5.41) is 12.4. The van der Waals surface area contributed by atoms with Gasteiger partial charge in [0, 0.05) is 32.3 Å². The Morgan fingerprint density at radius 1 is 1.42 bits per heavy atom. The number of nitrogens with one attached hydrogen (secondary N) is 1. The minimum Gasteiger partial charge on any atom is -0.444 e. The Hall–Kier alpha value is -0.810. The summed E-state index contributed by atoms with van der Waals surface area (Å²) >= 11 is 0. The Morgan fingerprint density at radius 3 is 2.47 bits per heavy atom. The topological polar surface area (TPSA) is 61.8 Å². The van der Waals surface area contributed by atoms with Gasteiger partial charge in [-0.1, -0.05) is 6.92 Å². The van der Waals surface area contributed by atoms with Gasteiger partial charge in [-0.25, -0.2) is 4.79 Å². The molecule has 112 valence electrons. The van der Waals surface area contributed by atoms with Crippen molar-refractivity contribution in [1.82, 2.24) is 10.2 Å². The highest BCUT2D eigenvalue weighted by atomic mass is 16.6. The summed E-state index contributed by atoms with van der Waals surface area (Å²) in [5.41, 5.74) is -0.428. The standard InChI is InChI=1S/C14H28N2O3/c1-11(10-17)9-15-12-5-7-16(8-6-12)13(18)19-14(2,3)4/h11-12,15,17H,5-10H2,1-4H3. The highest BCUT2D eigenvalue weighted by molar-refractivity contribution is 5.68. The Kier molecular flexibility index (Phi) is 6.07. The second-order valence-corrected chi connectivity index (χ2v) is 6.44. The summed E-state index contributed by atoms with van der Waals surface area (Å²) < 4.78 is 5.36. The molecule has 0 aromatic heterocycles. The minimum absolute atomic E-state index is 0.212. The van der Waals surface area contributed by atoms with Crippen molar-refractivity contribution in [2.45, 2.75) is 52.2 Å². The lowest BCUT2D eigenvalue weighted by Gasteiger charge is -2.34. The van der Waals surface area contributed by atoms with Crippen LogP contribution in [0.4, 0.5) is 4.79 Å². The molecule has 1 saturated heterocycles. The maximum absolute atomic E-state index is 11.9. The third-order valence-electron chi connectivity index (χ3n) is 3.21. The van der Waals surface area contributed by atoms with Gasteiger partial charge in [-0.05, 0) is 39.5 Å². The van der Waals surface area contributed by atoms with Crippen LogP contribution < -0.4 is 5.32 Å². The van der Waals surface area contributed by atoms with Crippen LogP contribution in [0.1, 0.15) is 40.5 Å². The number of aliphatic hydroxyl groups excluding tert-OH is 1. The van der Waals surface area contributed by atoms with E-state index >= 15 is 0 Å². The maximum atomic E-state index is 11.9. The van der Waals surface area contributed by atoms with Crippen LogP contribution in [-0.2, 0) is 4.74 Å². The van der Waals surface area contributed by atoms with Crippen LogP contribution in [0.25, 0.3) is 0 Å². The Balaban J connectivity index is 2.27. The van der Waals surface area contributed by atoms with E-state index in [1.54, 1.807) is 4.90 Å². The predicted molar refractivity (Wildman–Crippen MR) is 75.1 cm³/mol. The summed E-state index contributed by atoms with van der Waals surface area (Å²) in [6.45, 7) is 10.2. The van der Waals surface area contributed by atoms with E-state index < -0.39 is 5.60 Å². The van der Waals surface area contributed by atoms with Crippen LogP contribution in [0.3, 0.4) is 0 Å². The lowest BCUT2D eigenvalue weighted by molar-refractivity contribution is 0.0197. The van der Waals surface area contributed by atoms with Gasteiger partial charge in [0.05, 0.1) is 0 Å². The van der Waals surface area contributed by atoms with Crippen LogP contribution in [0.5, 0.6) is 0 Å². The van der Waals surface area contributed by atoms with Gasteiger partial charge in [-0.2, -0.15) is 0 Å². The minimum atomic E-state index is -0.428. The van der Waals surface area contributed by atoms with Crippen LogP contribution >= 0.6 is 0 Å². The van der Waals surface area contributed by atoms with Gasteiger partial charge in [0.15, 0.2) is 0 Å². The maximum Gasteiger partial charge on any atom is 0.410 e. The summed E-state index contributed by atoms with van der Waals surface area (Å²) in [7, 11) is 0. The van der Waals surface area contributed by atoms with Gasteiger partial charge in [0.1, 0.15) is 5.60 Å². The predicted octanol–water partition coefficient (Wildman–Crippen LogP) is 1.60. The van der Waals surface area contributed by atoms with E-state index in [4.69, 9.17) is 9.84 Å². The quantitative estimate of drug-likeness (QED) is 0.816. The molecule has 0 bridgehead atoms. The number of carbonyl (C=O) groups is 1. The fourth-order valence-electron chi connectivity index (χ4n) is 2.03. The average molecular weight is 272 g/mol. The molecule has 0 aromatic rings. The monoisotopic (exact) mass is 272 g/mol. The molecule has 1 rings (SSSR count). The zero-order chi connectivity index (χ0) is 14.5. The summed E-state index contributed by atoms with van der Waals surface area (Å²) in [5.74, 6) is 0.281. The Bertz CT molecular complexity index is 281. The number of hydrogen-bond acceptors (Lipinski definition) is 4. The van der Waals surface area contributed by atoms with Gasteiger partial charge < -0.3 is 20.1 Å². The molecule has 0 aliphatic carbocycles. The molecule has 0 spiro atoms. The third kappa shape index (κ3) is 6.25. The zero-order valence-corrected chi connectivity index (χ0v) is 12.6. The molecule has 0 aromatic carbocycles. The molecule has 1 heterocycles. The zero-order valence-electron chi connectivity index (χ0n) is 12.6. The third-order valence-corrected chi connectivity index (χ3v) is 3.21. The fourth-order valence-corrected chi connectivity index (χ4v) is 2.03. The molecule has 2 N–H and O–H groups in total. The summed E-state index contributed by atoms with van der Waals surface area (Å²) in [6.07, 6.45) is 1.67. The van der Waals surface area contributed by atoms with Crippen LogP contribution in [-0.4, -0.2) is 54.0 Å². The van der Waals surface area contributed by atoms with Crippen LogP contribution in [0.2, 0.25) is 0 Å². The Labute approximate surface area is 116 Å². The molecule has 1 atom stereocenters. The first kappa shape index (κ1) is 16.2. The van der Waals surface area contributed by atoms with Crippen molar-refractivity contribution in [3.05, 3.63) is 0 Å². The molecular weight excluding hydrogens is 244 g/mol. The van der Waals surface area contributed by atoms with E-state index in [1.165, 1.54) is 0 Å². The molecule has 0 saturated carbocycles. The highest BCUT2D eigenvalue weighted by Gasteiger charge is 2.26. The van der Waals surface area contributed by atoms with Crippen molar-refractivity contribution in [2.75, 3.05) is 26.2 Å². The molecule has 1 aliphatic heterocycles. The lowest BCUT2D eigenvalue weighted by atomic mass is 10.0. The summed E-state index contributed by atoms with van der Waals surface area (Å²) in [4.78, 5) is 13.7. The number of rotatable bonds is 4. The average Bonchev–Trinajstić information content (AvgIpc) is 2.34. The van der Waals surface area contributed by atoms with Crippen molar-refractivity contribution >= 4 is 6.09 Å². The van der Waals surface area contributed by atoms with E-state index in [-0.39, 0.29) is 18.6 Å². The number of nitrogens with zero attached hydrogens (tertiary/aromatic N) is 1. The van der Waals surface area contributed by atoms with Gasteiger partial charge in [0.2, 0.25) is 0 Å². The number of ether oxygens (including phenoxy) is 1. The molecule has 19 heavy (non-hydrogen) atoms. The van der Waals surface area contributed by atoms with Gasteiger partial charge in [-0.3, -0.25) is 0 Å². The first-order valence-corrected chi connectivity index (χ1v) is 7.14. The normalized spacial score (nSPS) is 19.3. The number of likely N-dealkylation sites (tertiary alicyclic amines) is 1. The van der Waals surface area contributed by atoms with E-state index in [0.29, 0.717) is 6.04 Å². The molecule has 5 nitrogen and oxygen atoms in total. The van der Waals surface area contributed by atoms with Crippen molar-refractivity contribution in [3.8, 4) is 0 Å². The second kappa shape index (κ2) is 7.10. The van der Waals surface area contributed by atoms with Crippen molar-refractivity contribution < 1.29 is 14.6 Å². The van der Waals surface area contributed by atoms with Crippen LogP contribution in [0.15, 0.2) is 0 Å². The first-order valence-electron chi connectivity index (χ1n) is 7.14.